The Bertz CT molecular complexity index is 859. The molecule has 0 aliphatic rings. The van der Waals surface area contributed by atoms with Crippen LogP contribution < -0.4 is 9.05 Å². The maximum absolute atomic E-state index is 11.7. The van der Waals surface area contributed by atoms with Gasteiger partial charge in [-0.2, -0.15) is 0 Å². The molecule has 2 N–H and O–H groups in total. The maximum atomic E-state index is 11.7. The summed E-state index contributed by atoms with van der Waals surface area (Å²) < 4.78 is 21.5. The molecule has 0 heterocycles. The van der Waals surface area contributed by atoms with Crippen molar-refractivity contribution in [2.45, 2.75) is 26.2 Å². The highest BCUT2D eigenvalue weighted by molar-refractivity contribution is 7.48. The summed E-state index contributed by atoms with van der Waals surface area (Å²) in [5, 5.41) is 9.45. The van der Waals surface area contributed by atoms with Gasteiger partial charge < -0.3 is 14.2 Å². The molecule has 0 spiro atoms. The summed E-state index contributed by atoms with van der Waals surface area (Å²) in [6.45, 7) is 6.26. The molecule has 3 aromatic carbocycles. The van der Waals surface area contributed by atoms with Crippen LogP contribution in [0.3, 0.4) is 0 Å². The summed E-state index contributed by atoms with van der Waals surface area (Å²) in [5.74, 6) is 0.962. The standard InChI is InChI=1S/C12H11O4P.C10H14O/c13-17(14,15-11-7-3-1-4-8-11)16-12-9-5-2-6-10-12;1-10(2,3)8-6-4-5-7-9(8)11/h1-10H,(H,13,14);4-7,11H,1-3H3. The van der Waals surface area contributed by atoms with Gasteiger partial charge in [0, 0.05) is 0 Å². The zero-order valence-electron chi connectivity index (χ0n) is 16.1. The van der Waals surface area contributed by atoms with E-state index < -0.39 is 7.82 Å². The lowest BCUT2D eigenvalue weighted by Gasteiger charge is -2.19. The zero-order valence-corrected chi connectivity index (χ0v) is 17.0. The van der Waals surface area contributed by atoms with Gasteiger partial charge in [-0.05, 0) is 41.3 Å². The number of hydrogen-bond acceptors (Lipinski definition) is 4. The second-order valence-corrected chi connectivity index (χ2v) is 8.35. The van der Waals surface area contributed by atoms with Gasteiger partial charge in [0.1, 0.15) is 17.2 Å². The van der Waals surface area contributed by atoms with Gasteiger partial charge in [-0.25, -0.2) is 4.57 Å². The molecular formula is C22H25O5P. The second kappa shape index (κ2) is 9.45. The summed E-state index contributed by atoms with van der Waals surface area (Å²) >= 11 is 0. The van der Waals surface area contributed by atoms with Gasteiger partial charge in [-0.3, -0.25) is 4.89 Å². The maximum Gasteiger partial charge on any atom is 0.584 e. The van der Waals surface area contributed by atoms with Gasteiger partial charge in [0.2, 0.25) is 0 Å². The molecule has 6 heteroatoms. The molecule has 0 aliphatic carbocycles. The lowest BCUT2D eigenvalue weighted by Crippen LogP contribution is -2.10. The van der Waals surface area contributed by atoms with Crippen molar-refractivity contribution in [3.8, 4) is 17.2 Å². The minimum Gasteiger partial charge on any atom is -0.508 e. The van der Waals surface area contributed by atoms with Crippen molar-refractivity contribution in [2.75, 3.05) is 0 Å². The fourth-order valence-electron chi connectivity index (χ4n) is 2.36. The van der Waals surface area contributed by atoms with Crippen molar-refractivity contribution in [3.63, 3.8) is 0 Å². The molecule has 0 unspecified atom stereocenters. The van der Waals surface area contributed by atoms with E-state index in [1.807, 2.05) is 18.2 Å². The van der Waals surface area contributed by atoms with E-state index in [4.69, 9.17) is 9.05 Å². The van der Waals surface area contributed by atoms with Crippen LogP contribution in [0.15, 0.2) is 84.9 Å². The number of aromatic hydroxyl groups is 1. The molecule has 0 bridgehead atoms. The molecule has 148 valence electrons. The third-order valence-corrected chi connectivity index (χ3v) is 4.52. The number of rotatable bonds is 4. The van der Waals surface area contributed by atoms with Crippen LogP contribution in [0.5, 0.6) is 17.2 Å². The molecule has 0 aromatic heterocycles. The minimum atomic E-state index is -4.14. The Kier molecular flexibility index (Phi) is 7.27. The quantitative estimate of drug-likeness (QED) is 0.531. The Balaban J connectivity index is 0.000000221. The molecule has 0 amide bonds. The number of phenols is 1. The topological polar surface area (TPSA) is 76.0 Å². The summed E-state index contributed by atoms with van der Waals surface area (Å²) in [5.41, 5.74) is 1.03. The smallest absolute Gasteiger partial charge is 0.508 e. The van der Waals surface area contributed by atoms with Gasteiger partial charge in [-0.1, -0.05) is 75.4 Å². The molecule has 3 rings (SSSR count). The first kappa shape index (κ1) is 21.5. The molecule has 28 heavy (non-hydrogen) atoms. The van der Waals surface area contributed by atoms with Crippen molar-refractivity contribution in [1.29, 1.82) is 0 Å². The van der Waals surface area contributed by atoms with Crippen LogP contribution >= 0.6 is 7.82 Å². The normalized spacial score (nSPS) is 11.1. The molecule has 0 radical (unpaired) electrons. The molecule has 0 saturated heterocycles. The highest BCUT2D eigenvalue weighted by Crippen LogP contribution is 2.44. The number of hydrogen-bond donors (Lipinski definition) is 2. The van der Waals surface area contributed by atoms with Crippen LogP contribution in [-0.2, 0) is 9.98 Å². The molecule has 0 saturated carbocycles. The number of para-hydroxylation sites is 3. The first-order valence-electron chi connectivity index (χ1n) is 8.78. The van der Waals surface area contributed by atoms with Crippen LogP contribution in [-0.4, -0.2) is 10.00 Å². The first-order valence-corrected chi connectivity index (χ1v) is 10.3. The highest BCUT2D eigenvalue weighted by Gasteiger charge is 2.24. The van der Waals surface area contributed by atoms with Gasteiger partial charge in [0.15, 0.2) is 0 Å². The summed E-state index contributed by atoms with van der Waals surface area (Å²) in [7, 11) is -4.14. The highest BCUT2D eigenvalue weighted by atomic mass is 31.2. The Hall–Kier alpha value is -2.75. The molecule has 0 aliphatic heterocycles. The predicted octanol–water partition coefficient (Wildman–Crippen LogP) is 5.93. The van der Waals surface area contributed by atoms with E-state index in [9.17, 15) is 14.6 Å². The number of phosphoric ester groups is 1. The lowest BCUT2D eigenvalue weighted by molar-refractivity contribution is 0.291. The zero-order chi connectivity index (χ0) is 20.6. The first-order chi connectivity index (χ1) is 13.2. The molecule has 0 atom stereocenters. The van der Waals surface area contributed by atoms with E-state index in [-0.39, 0.29) is 16.9 Å². The lowest BCUT2D eigenvalue weighted by atomic mass is 9.86. The van der Waals surface area contributed by atoms with E-state index in [0.29, 0.717) is 5.75 Å². The van der Waals surface area contributed by atoms with E-state index in [2.05, 4.69) is 20.8 Å². The van der Waals surface area contributed by atoms with E-state index >= 15 is 0 Å². The summed E-state index contributed by atoms with van der Waals surface area (Å²) in [6, 6.07) is 24.2. The van der Waals surface area contributed by atoms with Crippen LogP contribution in [0.2, 0.25) is 0 Å². The molecular weight excluding hydrogens is 375 g/mol. The van der Waals surface area contributed by atoms with Gasteiger partial charge >= 0.3 is 7.82 Å². The summed E-state index contributed by atoms with van der Waals surface area (Å²) in [6.07, 6.45) is 0. The average Bonchev–Trinajstić information content (AvgIpc) is 2.62. The van der Waals surface area contributed by atoms with Crippen molar-refractivity contribution in [3.05, 3.63) is 90.5 Å². The van der Waals surface area contributed by atoms with Crippen molar-refractivity contribution >= 4 is 7.82 Å². The van der Waals surface area contributed by atoms with Crippen LogP contribution in [0.25, 0.3) is 0 Å². The monoisotopic (exact) mass is 400 g/mol. The van der Waals surface area contributed by atoms with E-state index in [1.54, 1.807) is 66.7 Å². The van der Waals surface area contributed by atoms with Crippen LogP contribution in [0, 0.1) is 0 Å². The van der Waals surface area contributed by atoms with Crippen molar-refractivity contribution in [1.82, 2.24) is 0 Å². The number of phenolic OH excluding ortho intramolecular Hbond substituents is 1. The SMILES string of the molecule is CC(C)(C)c1ccccc1O.O=P(O)(Oc1ccccc1)Oc1ccccc1. The third kappa shape index (κ3) is 7.10. The van der Waals surface area contributed by atoms with Crippen LogP contribution in [0.4, 0.5) is 0 Å². The number of phosphoric acid groups is 1. The largest absolute Gasteiger partial charge is 0.584 e. The number of benzene rings is 3. The van der Waals surface area contributed by atoms with E-state index in [1.165, 1.54) is 0 Å². The fourth-order valence-corrected chi connectivity index (χ4v) is 3.17. The van der Waals surface area contributed by atoms with Crippen LogP contribution in [0.1, 0.15) is 26.3 Å². The fraction of sp³-hybridized carbons (Fsp3) is 0.182. The van der Waals surface area contributed by atoms with Gasteiger partial charge in [0.05, 0.1) is 0 Å². The average molecular weight is 400 g/mol. The van der Waals surface area contributed by atoms with Crippen molar-refractivity contribution in [2.24, 2.45) is 0 Å². The van der Waals surface area contributed by atoms with E-state index in [0.717, 1.165) is 5.56 Å². The second-order valence-electron chi connectivity index (χ2n) is 7.04. The van der Waals surface area contributed by atoms with Gasteiger partial charge in [0.25, 0.3) is 0 Å². The molecule has 3 aromatic rings. The Morgan fingerprint density at radius 2 is 1.11 bits per heavy atom. The van der Waals surface area contributed by atoms with Gasteiger partial charge in [-0.15, -0.1) is 0 Å². The Morgan fingerprint density at radius 3 is 1.46 bits per heavy atom. The molecule has 5 nitrogen and oxygen atoms in total. The Morgan fingerprint density at radius 1 is 0.714 bits per heavy atom. The minimum absolute atomic E-state index is 0.0331. The Labute approximate surface area is 165 Å². The molecule has 0 fully saturated rings. The summed E-state index contributed by atoms with van der Waals surface area (Å²) in [4.78, 5) is 9.53. The predicted molar refractivity (Wildman–Crippen MR) is 111 cm³/mol. The van der Waals surface area contributed by atoms with Crippen molar-refractivity contribution < 1.29 is 23.6 Å². The third-order valence-electron chi connectivity index (χ3n) is 3.64.